The summed E-state index contributed by atoms with van der Waals surface area (Å²) in [6.45, 7) is 4.39. The summed E-state index contributed by atoms with van der Waals surface area (Å²) in [4.78, 5) is 29.3. The molecule has 0 radical (unpaired) electrons. The van der Waals surface area contributed by atoms with Gasteiger partial charge in [-0.05, 0) is 42.8 Å². The van der Waals surface area contributed by atoms with E-state index in [1.807, 2.05) is 31.2 Å². The zero-order valence-electron chi connectivity index (χ0n) is 16.3. The highest BCUT2D eigenvalue weighted by molar-refractivity contribution is 6.40. The van der Waals surface area contributed by atoms with Crippen LogP contribution in [0.1, 0.15) is 18.4 Å². The molecular weight excluding hydrogens is 371 g/mol. The molecule has 0 aliphatic carbocycles. The van der Waals surface area contributed by atoms with Crippen molar-refractivity contribution in [3.05, 3.63) is 59.9 Å². The number of carbonyl (C=O) groups is 2. The molecule has 2 aliphatic heterocycles. The predicted molar refractivity (Wildman–Crippen MR) is 111 cm³/mol. The zero-order valence-corrected chi connectivity index (χ0v) is 16.3. The highest BCUT2D eigenvalue weighted by atomic mass is 19.1. The van der Waals surface area contributed by atoms with E-state index in [1.165, 1.54) is 17.1 Å². The van der Waals surface area contributed by atoms with Gasteiger partial charge in [-0.25, -0.2) is 9.40 Å². The molecule has 150 valence electrons. The first kappa shape index (κ1) is 19.1. The number of para-hydroxylation sites is 1. The maximum Gasteiger partial charge on any atom is 0.270 e. The van der Waals surface area contributed by atoms with E-state index in [2.05, 4.69) is 10.0 Å². The Balaban J connectivity index is 1.45. The molecule has 1 saturated heterocycles. The molecule has 2 aliphatic rings. The minimum Gasteiger partial charge on any atom is -0.368 e. The van der Waals surface area contributed by atoms with Gasteiger partial charge in [-0.2, -0.15) is 5.10 Å². The van der Waals surface area contributed by atoms with Crippen LogP contribution in [0.25, 0.3) is 0 Å². The van der Waals surface area contributed by atoms with Crippen LogP contribution in [0, 0.1) is 12.7 Å². The number of hydrazone groups is 1. The Kier molecular flexibility index (Phi) is 5.29. The Morgan fingerprint density at radius 1 is 0.966 bits per heavy atom. The predicted octanol–water partition coefficient (Wildman–Crippen LogP) is 2.97. The average Bonchev–Trinajstić information content (AvgIpc) is 2.75. The average molecular weight is 394 g/mol. The Bertz CT molecular complexity index is 950. The fourth-order valence-electron chi connectivity index (χ4n) is 3.70. The van der Waals surface area contributed by atoms with Crippen LogP contribution >= 0.6 is 0 Å². The van der Waals surface area contributed by atoms with Crippen LogP contribution in [0.5, 0.6) is 0 Å². The van der Waals surface area contributed by atoms with Gasteiger partial charge >= 0.3 is 0 Å². The van der Waals surface area contributed by atoms with Crippen LogP contribution in [0.15, 0.2) is 53.6 Å². The van der Waals surface area contributed by atoms with Crippen molar-refractivity contribution < 1.29 is 14.0 Å². The van der Waals surface area contributed by atoms with E-state index in [1.54, 1.807) is 17.0 Å². The second-order valence-corrected chi connectivity index (χ2v) is 7.29. The molecule has 0 saturated carbocycles. The molecule has 0 bridgehead atoms. The summed E-state index contributed by atoms with van der Waals surface area (Å²) in [6, 6.07) is 13.9. The van der Waals surface area contributed by atoms with Gasteiger partial charge in [-0.1, -0.05) is 18.2 Å². The Hall–Kier alpha value is -3.22. The lowest BCUT2D eigenvalue weighted by molar-refractivity contribution is -0.124. The van der Waals surface area contributed by atoms with E-state index in [4.69, 9.17) is 0 Å². The van der Waals surface area contributed by atoms with Crippen LogP contribution in [0.2, 0.25) is 0 Å². The Labute approximate surface area is 169 Å². The first-order chi connectivity index (χ1) is 14.0. The molecule has 6 nitrogen and oxygen atoms in total. The third-order valence-corrected chi connectivity index (χ3v) is 5.38. The van der Waals surface area contributed by atoms with Gasteiger partial charge < -0.3 is 9.80 Å². The molecule has 29 heavy (non-hydrogen) atoms. The second-order valence-electron chi connectivity index (χ2n) is 7.29. The minimum atomic E-state index is -0.259. The number of rotatable bonds is 3. The first-order valence-corrected chi connectivity index (χ1v) is 9.79. The molecule has 7 heteroatoms. The van der Waals surface area contributed by atoms with Gasteiger partial charge in [-0.15, -0.1) is 0 Å². The standard InChI is InChI=1S/C22H23FN4O2/c1-16-4-2-3-5-20(16)27-21(28)11-10-19(24-27)22(29)26-14-12-25(13-15-26)18-8-6-17(23)7-9-18/h2-9H,10-15H2,1H3. The molecule has 2 aromatic carbocycles. The minimum absolute atomic E-state index is 0.100. The maximum absolute atomic E-state index is 13.1. The molecule has 2 amide bonds. The number of piperazine rings is 1. The molecule has 1 fully saturated rings. The van der Waals surface area contributed by atoms with Crippen molar-refractivity contribution in [1.29, 1.82) is 0 Å². The second kappa shape index (κ2) is 8.03. The van der Waals surface area contributed by atoms with Gasteiger partial charge in [0.15, 0.2) is 0 Å². The Morgan fingerprint density at radius 3 is 2.34 bits per heavy atom. The molecule has 0 N–H and O–H groups in total. The lowest BCUT2D eigenvalue weighted by Gasteiger charge is -2.36. The number of hydrogen-bond acceptors (Lipinski definition) is 4. The van der Waals surface area contributed by atoms with Crippen molar-refractivity contribution >= 4 is 28.9 Å². The maximum atomic E-state index is 13.1. The largest absolute Gasteiger partial charge is 0.368 e. The van der Waals surface area contributed by atoms with Gasteiger partial charge in [0.1, 0.15) is 11.5 Å². The van der Waals surface area contributed by atoms with Crippen molar-refractivity contribution in [2.24, 2.45) is 5.10 Å². The van der Waals surface area contributed by atoms with Gasteiger partial charge in [0.25, 0.3) is 5.91 Å². The van der Waals surface area contributed by atoms with Crippen LogP contribution < -0.4 is 9.91 Å². The third-order valence-electron chi connectivity index (χ3n) is 5.38. The summed E-state index contributed by atoms with van der Waals surface area (Å²) in [5.41, 5.74) is 3.02. The number of benzene rings is 2. The number of hydrogen-bond donors (Lipinski definition) is 0. The molecule has 2 aromatic rings. The van der Waals surface area contributed by atoms with Crippen LogP contribution in [0.4, 0.5) is 15.8 Å². The highest BCUT2D eigenvalue weighted by Crippen LogP contribution is 2.24. The summed E-state index contributed by atoms with van der Waals surface area (Å²) >= 11 is 0. The van der Waals surface area contributed by atoms with E-state index in [9.17, 15) is 14.0 Å². The molecule has 0 unspecified atom stereocenters. The summed E-state index contributed by atoms with van der Waals surface area (Å²) in [6.07, 6.45) is 0.632. The van der Waals surface area contributed by atoms with Crippen LogP contribution in [-0.4, -0.2) is 48.6 Å². The summed E-state index contributed by atoms with van der Waals surface area (Å²) < 4.78 is 13.1. The van der Waals surface area contributed by atoms with Crippen molar-refractivity contribution in [2.45, 2.75) is 19.8 Å². The number of amides is 2. The van der Waals surface area contributed by atoms with E-state index in [-0.39, 0.29) is 24.1 Å². The Morgan fingerprint density at radius 2 is 1.66 bits per heavy atom. The van der Waals surface area contributed by atoms with Crippen molar-refractivity contribution in [2.75, 3.05) is 36.1 Å². The number of aryl methyl sites for hydroxylation is 1. The molecule has 0 atom stereocenters. The lowest BCUT2D eigenvalue weighted by atomic mass is 10.1. The van der Waals surface area contributed by atoms with E-state index >= 15 is 0 Å². The normalized spacial score (nSPS) is 17.4. The van der Waals surface area contributed by atoms with Crippen molar-refractivity contribution in [1.82, 2.24) is 4.90 Å². The smallest absolute Gasteiger partial charge is 0.270 e. The van der Waals surface area contributed by atoms with Gasteiger partial charge in [-0.3, -0.25) is 9.59 Å². The topological polar surface area (TPSA) is 56.2 Å². The van der Waals surface area contributed by atoms with E-state index in [0.29, 0.717) is 44.0 Å². The molecule has 4 rings (SSSR count). The molecular formula is C22H23FN4O2. The fourth-order valence-corrected chi connectivity index (χ4v) is 3.70. The van der Waals surface area contributed by atoms with Crippen LogP contribution in [0.3, 0.4) is 0 Å². The SMILES string of the molecule is Cc1ccccc1N1N=C(C(=O)N2CCN(c3ccc(F)cc3)CC2)CCC1=O. The van der Waals surface area contributed by atoms with Crippen LogP contribution in [-0.2, 0) is 9.59 Å². The summed E-state index contributed by atoms with van der Waals surface area (Å²) in [5.74, 6) is -0.475. The van der Waals surface area contributed by atoms with Gasteiger partial charge in [0.05, 0.1) is 5.69 Å². The van der Waals surface area contributed by atoms with E-state index in [0.717, 1.165) is 11.3 Å². The summed E-state index contributed by atoms with van der Waals surface area (Å²) in [7, 11) is 0. The molecule has 0 aromatic heterocycles. The third kappa shape index (κ3) is 3.99. The highest BCUT2D eigenvalue weighted by Gasteiger charge is 2.30. The number of carbonyl (C=O) groups excluding carboxylic acids is 2. The fraction of sp³-hybridized carbons (Fsp3) is 0.318. The number of nitrogens with zero attached hydrogens (tertiary/aromatic N) is 4. The zero-order chi connectivity index (χ0) is 20.4. The van der Waals surface area contributed by atoms with E-state index < -0.39 is 0 Å². The molecule has 0 spiro atoms. The quantitative estimate of drug-likeness (QED) is 0.804. The number of halogens is 1. The van der Waals surface area contributed by atoms with Crippen molar-refractivity contribution in [3.8, 4) is 0 Å². The number of anilines is 2. The van der Waals surface area contributed by atoms with Gasteiger partial charge in [0, 0.05) is 44.7 Å². The summed E-state index contributed by atoms with van der Waals surface area (Å²) in [5, 5.41) is 5.77. The monoisotopic (exact) mass is 394 g/mol. The van der Waals surface area contributed by atoms with Gasteiger partial charge in [0.2, 0.25) is 5.91 Å². The van der Waals surface area contributed by atoms with Crippen molar-refractivity contribution in [3.63, 3.8) is 0 Å². The lowest BCUT2D eigenvalue weighted by Crippen LogP contribution is -2.51. The first-order valence-electron chi connectivity index (χ1n) is 9.79. The molecule has 2 heterocycles.